The minimum absolute atomic E-state index is 0.195. The van der Waals surface area contributed by atoms with Gasteiger partial charge in [-0.1, -0.05) is 6.08 Å². The summed E-state index contributed by atoms with van der Waals surface area (Å²) in [4.78, 5) is 27.0. The van der Waals surface area contributed by atoms with Crippen molar-refractivity contribution in [2.45, 2.75) is 6.92 Å². The van der Waals surface area contributed by atoms with Gasteiger partial charge in [-0.3, -0.25) is 4.79 Å². The molecule has 1 aromatic heterocycles. The number of amides is 1. The van der Waals surface area contributed by atoms with Crippen molar-refractivity contribution >= 4 is 11.9 Å². The average Bonchev–Trinajstić information content (AvgIpc) is 2.43. The summed E-state index contributed by atoms with van der Waals surface area (Å²) in [5.74, 6) is -0.845. The van der Waals surface area contributed by atoms with Gasteiger partial charge < -0.3 is 14.8 Å². The fourth-order valence-electron chi connectivity index (χ4n) is 1.24. The van der Waals surface area contributed by atoms with Crippen LogP contribution in [0.1, 0.15) is 17.3 Å². The smallest absolute Gasteiger partial charge is 0.344 e. The van der Waals surface area contributed by atoms with E-state index in [0.29, 0.717) is 13.2 Å². The summed E-state index contributed by atoms with van der Waals surface area (Å²) in [5, 5.41) is 2.50. The molecule has 0 spiro atoms. The lowest BCUT2D eigenvalue weighted by molar-refractivity contribution is -0.124. The number of carbonyl (C=O) groups is 2. The highest BCUT2D eigenvalue weighted by Crippen LogP contribution is 2.15. The molecule has 0 radical (unpaired) electrons. The second-order valence-electron chi connectivity index (χ2n) is 3.46. The Morgan fingerprint density at radius 1 is 1.53 bits per heavy atom. The number of hydrogen-bond acceptors (Lipinski definition) is 5. The molecule has 1 heterocycles. The van der Waals surface area contributed by atoms with Crippen LogP contribution in [-0.4, -0.2) is 36.6 Å². The molecule has 0 aliphatic rings. The first-order chi connectivity index (χ1) is 9.19. The SMILES string of the molecule is C=CCNC(=O)COC(=O)c1cccnc1OCC. The van der Waals surface area contributed by atoms with Gasteiger partial charge in [-0.25, -0.2) is 9.78 Å². The number of rotatable bonds is 7. The van der Waals surface area contributed by atoms with Crippen LogP contribution in [0, 0.1) is 0 Å². The molecule has 102 valence electrons. The van der Waals surface area contributed by atoms with Gasteiger partial charge in [0.15, 0.2) is 6.61 Å². The monoisotopic (exact) mass is 264 g/mol. The molecule has 1 N–H and O–H groups in total. The Morgan fingerprint density at radius 3 is 3.00 bits per heavy atom. The molecular formula is C13H16N2O4. The molecule has 19 heavy (non-hydrogen) atoms. The Balaban J connectivity index is 2.58. The second kappa shape index (κ2) is 7.86. The van der Waals surface area contributed by atoms with E-state index in [1.165, 1.54) is 18.3 Å². The lowest BCUT2D eigenvalue weighted by Gasteiger charge is -2.08. The Kier molecular flexibility index (Phi) is 6.08. The third-order valence-corrected chi connectivity index (χ3v) is 2.05. The van der Waals surface area contributed by atoms with Crippen LogP contribution in [-0.2, 0) is 9.53 Å². The van der Waals surface area contributed by atoms with Crippen molar-refractivity contribution in [1.29, 1.82) is 0 Å². The van der Waals surface area contributed by atoms with Crippen molar-refractivity contribution in [2.24, 2.45) is 0 Å². The van der Waals surface area contributed by atoms with E-state index >= 15 is 0 Å². The molecule has 6 heteroatoms. The van der Waals surface area contributed by atoms with Crippen LogP contribution in [0.5, 0.6) is 5.88 Å². The predicted octanol–water partition coefficient (Wildman–Crippen LogP) is 0.939. The zero-order valence-corrected chi connectivity index (χ0v) is 10.7. The van der Waals surface area contributed by atoms with E-state index in [1.54, 1.807) is 13.0 Å². The van der Waals surface area contributed by atoms with Gasteiger partial charge in [0.2, 0.25) is 5.88 Å². The van der Waals surface area contributed by atoms with Gasteiger partial charge in [0.1, 0.15) is 5.56 Å². The molecule has 0 saturated heterocycles. The molecule has 0 aliphatic heterocycles. The molecule has 0 atom stereocenters. The maximum Gasteiger partial charge on any atom is 0.344 e. The minimum Gasteiger partial charge on any atom is -0.477 e. The van der Waals surface area contributed by atoms with Crippen molar-refractivity contribution in [1.82, 2.24) is 10.3 Å². The summed E-state index contributed by atoms with van der Waals surface area (Å²) in [6.07, 6.45) is 3.05. The number of nitrogens with zero attached hydrogens (tertiary/aromatic N) is 1. The van der Waals surface area contributed by atoms with Crippen LogP contribution in [0.4, 0.5) is 0 Å². The van der Waals surface area contributed by atoms with Crippen LogP contribution >= 0.6 is 0 Å². The number of carbonyl (C=O) groups excluding carboxylic acids is 2. The van der Waals surface area contributed by atoms with Gasteiger partial charge in [0.25, 0.3) is 5.91 Å². The average molecular weight is 264 g/mol. The first-order valence-corrected chi connectivity index (χ1v) is 5.81. The highest BCUT2D eigenvalue weighted by molar-refractivity contribution is 5.93. The van der Waals surface area contributed by atoms with Crippen LogP contribution in [0.15, 0.2) is 31.0 Å². The number of esters is 1. The molecular weight excluding hydrogens is 248 g/mol. The largest absolute Gasteiger partial charge is 0.477 e. The third-order valence-electron chi connectivity index (χ3n) is 2.05. The van der Waals surface area contributed by atoms with Crippen LogP contribution in [0.25, 0.3) is 0 Å². The van der Waals surface area contributed by atoms with Gasteiger partial charge in [0, 0.05) is 12.7 Å². The Morgan fingerprint density at radius 2 is 2.32 bits per heavy atom. The maximum atomic E-state index is 11.8. The highest BCUT2D eigenvalue weighted by Gasteiger charge is 2.15. The van der Waals surface area contributed by atoms with E-state index in [4.69, 9.17) is 9.47 Å². The molecule has 1 rings (SSSR count). The first-order valence-electron chi connectivity index (χ1n) is 5.81. The van der Waals surface area contributed by atoms with Crippen molar-refractivity contribution in [3.05, 3.63) is 36.5 Å². The lowest BCUT2D eigenvalue weighted by Crippen LogP contribution is -2.28. The van der Waals surface area contributed by atoms with E-state index in [2.05, 4.69) is 16.9 Å². The van der Waals surface area contributed by atoms with Crippen molar-refractivity contribution < 1.29 is 19.1 Å². The number of ether oxygens (including phenoxy) is 2. The van der Waals surface area contributed by atoms with E-state index in [9.17, 15) is 9.59 Å². The summed E-state index contributed by atoms with van der Waals surface area (Å²) < 4.78 is 10.1. The summed E-state index contributed by atoms with van der Waals surface area (Å²) >= 11 is 0. The highest BCUT2D eigenvalue weighted by atomic mass is 16.5. The fourth-order valence-corrected chi connectivity index (χ4v) is 1.24. The van der Waals surface area contributed by atoms with E-state index in [1.807, 2.05) is 0 Å². The minimum atomic E-state index is -0.648. The van der Waals surface area contributed by atoms with Crippen molar-refractivity contribution in [2.75, 3.05) is 19.8 Å². The standard InChI is InChI=1S/C13H16N2O4/c1-3-7-14-11(16)9-19-13(17)10-6-5-8-15-12(10)18-4-2/h3,5-6,8H,1,4,7,9H2,2H3,(H,14,16). The topological polar surface area (TPSA) is 77.5 Å². The quantitative estimate of drug-likeness (QED) is 0.585. The Bertz CT molecular complexity index is 460. The summed E-state index contributed by atoms with van der Waals surface area (Å²) in [7, 11) is 0. The van der Waals surface area contributed by atoms with E-state index < -0.39 is 11.9 Å². The molecule has 0 unspecified atom stereocenters. The molecule has 0 saturated carbocycles. The number of nitrogens with one attached hydrogen (secondary N) is 1. The van der Waals surface area contributed by atoms with Crippen LogP contribution < -0.4 is 10.1 Å². The number of aromatic nitrogens is 1. The molecule has 0 aromatic carbocycles. The number of pyridine rings is 1. The lowest BCUT2D eigenvalue weighted by atomic mass is 10.3. The van der Waals surface area contributed by atoms with Crippen LogP contribution in [0.3, 0.4) is 0 Å². The zero-order valence-electron chi connectivity index (χ0n) is 10.7. The van der Waals surface area contributed by atoms with Gasteiger partial charge in [0.05, 0.1) is 6.61 Å². The van der Waals surface area contributed by atoms with Gasteiger partial charge >= 0.3 is 5.97 Å². The Labute approximate surface area is 111 Å². The van der Waals surface area contributed by atoms with E-state index in [0.717, 1.165) is 0 Å². The molecule has 0 fully saturated rings. The summed E-state index contributed by atoms with van der Waals surface area (Å²) in [6.45, 7) is 5.60. The van der Waals surface area contributed by atoms with Crippen molar-refractivity contribution in [3.63, 3.8) is 0 Å². The van der Waals surface area contributed by atoms with Gasteiger partial charge in [-0.05, 0) is 19.1 Å². The van der Waals surface area contributed by atoms with E-state index in [-0.39, 0.29) is 18.1 Å². The van der Waals surface area contributed by atoms with Crippen LogP contribution in [0.2, 0.25) is 0 Å². The maximum absolute atomic E-state index is 11.8. The predicted molar refractivity (Wildman–Crippen MR) is 68.9 cm³/mol. The molecule has 0 bridgehead atoms. The van der Waals surface area contributed by atoms with Gasteiger partial charge in [-0.15, -0.1) is 6.58 Å². The summed E-state index contributed by atoms with van der Waals surface area (Å²) in [5.41, 5.74) is 0.195. The normalized spacial score (nSPS) is 9.53. The molecule has 6 nitrogen and oxygen atoms in total. The van der Waals surface area contributed by atoms with Crippen molar-refractivity contribution in [3.8, 4) is 5.88 Å². The van der Waals surface area contributed by atoms with Gasteiger partial charge in [-0.2, -0.15) is 0 Å². The molecule has 1 aromatic rings. The third kappa shape index (κ3) is 4.79. The summed E-state index contributed by atoms with van der Waals surface area (Å²) in [6, 6.07) is 3.12. The second-order valence-corrected chi connectivity index (χ2v) is 3.46. The first kappa shape index (κ1) is 14.7. The fraction of sp³-hybridized carbons (Fsp3) is 0.308. The zero-order chi connectivity index (χ0) is 14.1. The molecule has 0 aliphatic carbocycles. The number of hydrogen-bond donors (Lipinski definition) is 1. The molecule has 1 amide bonds. The Hall–Kier alpha value is -2.37.